The van der Waals surface area contributed by atoms with E-state index >= 15 is 0 Å². The van der Waals surface area contributed by atoms with Crippen LogP contribution in [-0.2, 0) is 4.79 Å². The van der Waals surface area contributed by atoms with Crippen molar-refractivity contribution >= 4 is 46.5 Å². The normalized spacial score (nSPS) is 10.3. The van der Waals surface area contributed by atoms with Gasteiger partial charge in [-0.25, -0.2) is 4.98 Å². The van der Waals surface area contributed by atoms with E-state index < -0.39 is 5.91 Å². The van der Waals surface area contributed by atoms with Crippen molar-refractivity contribution in [2.45, 2.75) is 4.34 Å². The summed E-state index contributed by atoms with van der Waals surface area (Å²) in [6.07, 6.45) is 0. The van der Waals surface area contributed by atoms with Crippen molar-refractivity contribution in [3.05, 3.63) is 70.6 Å². The molecule has 8 heteroatoms. The van der Waals surface area contributed by atoms with E-state index in [4.69, 9.17) is 11.6 Å². The summed E-state index contributed by atoms with van der Waals surface area (Å²) in [6.45, 7) is 0. The monoisotopic (exact) mass is 403 g/mol. The predicted octanol–water partition coefficient (Wildman–Crippen LogP) is 4.02. The van der Waals surface area contributed by atoms with Crippen LogP contribution in [0.5, 0.6) is 0 Å². The van der Waals surface area contributed by atoms with Crippen molar-refractivity contribution in [1.29, 1.82) is 0 Å². The van der Waals surface area contributed by atoms with Gasteiger partial charge in [-0.15, -0.1) is 11.3 Å². The molecule has 26 heavy (non-hydrogen) atoms. The Morgan fingerprint density at radius 2 is 1.77 bits per heavy atom. The lowest BCUT2D eigenvalue weighted by atomic mass is 10.2. The van der Waals surface area contributed by atoms with Gasteiger partial charge in [-0.05, 0) is 24.3 Å². The molecule has 132 valence electrons. The minimum absolute atomic E-state index is 0.155. The van der Waals surface area contributed by atoms with Crippen molar-refractivity contribution in [2.24, 2.45) is 0 Å². The molecule has 2 N–H and O–H groups in total. The van der Waals surface area contributed by atoms with Gasteiger partial charge in [0.1, 0.15) is 0 Å². The first kappa shape index (κ1) is 18.4. The van der Waals surface area contributed by atoms with Crippen LogP contribution in [-0.4, -0.2) is 22.6 Å². The van der Waals surface area contributed by atoms with E-state index in [-0.39, 0.29) is 11.7 Å². The Morgan fingerprint density at radius 3 is 2.50 bits per heavy atom. The van der Waals surface area contributed by atoms with Crippen LogP contribution in [0.25, 0.3) is 11.3 Å². The smallest absolute Gasteiger partial charge is 0.269 e. The van der Waals surface area contributed by atoms with E-state index in [1.807, 2.05) is 35.7 Å². The first-order chi connectivity index (χ1) is 12.6. The fraction of sp³-hybridized carbons (Fsp3) is 0.0556. The lowest BCUT2D eigenvalue weighted by Gasteiger charge is -2.06. The number of amides is 2. The van der Waals surface area contributed by atoms with Gasteiger partial charge in [-0.3, -0.25) is 20.4 Å². The van der Waals surface area contributed by atoms with Crippen LogP contribution in [0.1, 0.15) is 10.4 Å². The molecule has 3 aromatic rings. The number of thioether (sulfide) groups is 1. The number of aromatic nitrogens is 1. The maximum Gasteiger partial charge on any atom is 0.269 e. The van der Waals surface area contributed by atoms with Gasteiger partial charge in [0.2, 0.25) is 5.91 Å². The summed E-state index contributed by atoms with van der Waals surface area (Å²) in [6, 6.07) is 16.2. The zero-order valence-electron chi connectivity index (χ0n) is 13.4. The Bertz CT molecular complexity index is 898. The second-order valence-corrected chi connectivity index (χ2v) is 7.68. The molecule has 0 radical (unpaired) electrons. The number of thiazole rings is 1. The summed E-state index contributed by atoms with van der Waals surface area (Å²) >= 11 is 8.58. The van der Waals surface area contributed by atoms with Crippen LogP contribution in [0.2, 0.25) is 5.02 Å². The lowest BCUT2D eigenvalue weighted by Crippen LogP contribution is -2.42. The molecule has 0 aliphatic heterocycles. The van der Waals surface area contributed by atoms with E-state index in [9.17, 15) is 9.59 Å². The molecule has 1 heterocycles. The number of rotatable bonds is 5. The zero-order chi connectivity index (χ0) is 18.4. The van der Waals surface area contributed by atoms with Gasteiger partial charge in [0.15, 0.2) is 4.34 Å². The molecule has 2 amide bonds. The largest absolute Gasteiger partial charge is 0.272 e. The number of carbonyl (C=O) groups excluding carboxylic acids is 2. The summed E-state index contributed by atoms with van der Waals surface area (Å²) in [7, 11) is 0. The maximum atomic E-state index is 11.9. The molecular formula is C18H14ClN3O2S2. The first-order valence-corrected chi connectivity index (χ1v) is 9.84. The van der Waals surface area contributed by atoms with Crippen LogP contribution in [0.3, 0.4) is 0 Å². The minimum atomic E-state index is -0.402. The van der Waals surface area contributed by atoms with Gasteiger partial charge in [0.05, 0.1) is 11.4 Å². The van der Waals surface area contributed by atoms with Crippen LogP contribution >= 0.6 is 34.7 Å². The van der Waals surface area contributed by atoms with E-state index in [2.05, 4.69) is 15.8 Å². The maximum absolute atomic E-state index is 11.9. The third kappa shape index (κ3) is 5.08. The van der Waals surface area contributed by atoms with E-state index in [1.165, 1.54) is 23.1 Å². The van der Waals surface area contributed by atoms with Gasteiger partial charge < -0.3 is 0 Å². The van der Waals surface area contributed by atoms with Gasteiger partial charge in [0.25, 0.3) is 5.91 Å². The van der Waals surface area contributed by atoms with Gasteiger partial charge in [0, 0.05) is 21.5 Å². The van der Waals surface area contributed by atoms with Gasteiger partial charge in [-0.1, -0.05) is 53.7 Å². The first-order valence-electron chi connectivity index (χ1n) is 7.60. The van der Waals surface area contributed by atoms with E-state index in [0.717, 1.165) is 15.6 Å². The highest BCUT2D eigenvalue weighted by atomic mass is 35.5. The number of hydrogen-bond donors (Lipinski definition) is 2. The summed E-state index contributed by atoms with van der Waals surface area (Å²) in [5.41, 5.74) is 7.10. The SMILES string of the molecule is O=C(CSc1nc(-c2ccccc2)cs1)NNC(=O)c1ccc(Cl)cc1. The molecule has 2 aromatic carbocycles. The quantitative estimate of drug-likeness (QED) is 0.498. The molecule has 1 aromatic heterocycles. The molecule has 0 aliphatic carbocycles. The Hall–Kier alpha value is -2.35. The fourth-order valence-electron chi connectivity index (χ4n) is 2.03. The number of hydrazine groups is 1. The van der Waals surface area contributed by atoms with Crippen molar-refractivity contribution in [3.63, 3.8) is 0 Å². The molecule has 0 atom stereocenters. The van der Waals surface area contributed by atoms with E-state index in [0.29, 0.717) is 10.6 Å². The summed E-state index contributed by atoms with van der Waals surface area (Å²) in [4.78, 5) is 28.3. The lowest BCUT2D eigenvalue weighted by molar-refractivity contribution is -0.119. The number of nitrogens with one attached hydrogen (secondary N) is 2. The summed E-state index contributed by atoms with van der Waals surface area (Å²) < 4.78 is 0.794. The molecular weight excluding hydrogens is 390 g/mol. The third-order valence-electron chi connectivity index (χ3n) is 3.30. The van der Waals surface area contributed by atoms with E-state index in [1.54, 1.807) is 24.3 Å². The second kappa shape index (κ2) is 8.84. The molecule has 0 saturated heterocycles. The minimum Gasteiger partial charge on any atom is -0.272 e. The molecule has 0 aliphatic rings. The van der Waals surface area contributed by atoms with Crippen molar-refractivity contribution in [3.8, 4) is 11.3 Å². The fourth-order valence-corrected chi connectivity index (χ4v) is 3.79. The van der Waals surface area contributed by atoms with Crippen molar-refractivity contribution in [1.82, 2.24) is 15.8 Å². The second-order valence-electron chi connectivity index (χ2n) is 5.16. The average molecular weight is 404 g/mol. The molecule has 0 saturated carbocycles. The molecule has 5 nitrogen and oxygen atoms in total. The molecule has 0 fully saturated rings. The van der Waals surface area contributed by atoms with Gasteiger partial charge in [-0.2, -0.15) is 0 Å². The zero-order valence-corrected chi connectivity index (χ0v) is 15.8. The highest BCUT2D eigenvalue weighted by Crippen LogP contribution is 2.27. The summed E-state index contributed by atoms with van der Waals surface area (Å²) in [5, 5.41) is 2.50. The average Bonchev–Trinajstić information content (AvgIpc) is 3.15. The Labute approximate surface area is 163 Å². The predicted molar refractivity (Wildman–Crippen MR) is 105 cm³/mol. The summed E-state index contributed by atoms with van der Waals surface area (Å²) in [5.74, 6) is -0.558. The molecule has 3 rings (SSSR count). The topological polar surface area (TPSA) is 71.1 Å². The van der Waals surface area contributed by atoms with Crippen molar-refractivity contribution in [2.75, 3.05) is 5.75 Å². The van der Waals surface area contributed by atoms with Gasteiger partial charge >= 0.3 is 0 Å². The van der Waals surface area contributed by atoms with Crippen LogP contribution in [0, 0.1) is 0 Å². The highest BCUT2D eigenvalue weighted by molar-refractivity contribution is 8.01. The highest BCUT2D eigenvalue weighted by Gasteiger charge is 2.10. The third-order valence-corrected chi connectivity index (χ3v) is 5.57. The number of halogens is 1. The van der Waals surface area contributed by atoms with Crippen LogP contribution < -0.4 is 10.9 Å². The number of nitrogens with zero attached hydrogens (tertiary/aromatic N) is 1. The Balaban J connectivity index is 1.46. The Kier molecular flexibility index (Phi) is 6.27. The number of hydrogen-bond acceptors (Lipinski definition) is 5. The number of carbonyl (C=O) groups is 2. The number of benzene rings is 2. The molecule has 0 unspecified atom stereocenters. The Morgan fingerprint density at radius 1 is 1.04 bits per heavy atom. The molecule has 0 bridgehead atoms. The van der Waals surface area contributed by atoms with Crippen LogP contribution in [0.4, 0.5) is 0 Å². The van der Waals surface area contributed by atoms with Crippen LogP contribution in [0.15, 0.2) is 64.3 Å². The van der Waals surface area contributed by atoms with Crippen molar-refractivity contribution < 1.29 is 9.59 Å². The standard InChI is InChI=1S/C18H14ClN3O2S2/c19-14-8-6-13(7-9-14)17(24)22-21-16(23)11-26-18-20-15(10-25-18)12-4-2-1-3-5-12/h1-10H,11H2,(H,21,23)(H,22,24). The molecule has 0 spiro atoms.